The summed E-state index contributed by atoms with van der Waals surface area (Å²) in [6.45, 7) is 4.67. The molecule has 1 aromatic heterocycles. The molecular weight excluding hydrogens is 282 g/mol. The molecule has 1 heterocycles. The second kappa shape index (κ2) is 7.33. The Hall–Kier alpha value is -1.72. The summed E-state index contributed by atoms with van der Waals surface area (Å²) in [7, 11) is 0. The molecule has 0 saturated heterocycles. The third-order valence-electron chi connectivity index (χ3n) is 3.38. The molecule has 0 aliphatic rings. The fourth-order valence-corrected chi connectivity index (χ4v) is 2.81. The van der Waals surface area contributed by atoms with Gasteiger partial charge < -0.3 is 10.6 Å². The fraction of sp³-hybridized carbons (Fsp3) is 0.375. The number of benzene rings is 1. The molecule has 0 aliphatic carbocycles. The Kier molecular flexibility index (Phi) is 5.47. The first kappa shape index (κ1) is 15.7. The van der Waals surface area contributed by atoms with Crippen LogP contribution in [0.2, 0.25) is 0 Å². The molecule has 0 bridgehead atoms. The number of aromatic nitrogens is 1. The van der Waals surface area contributed by atoms with Crippen LogP contribution >= 0.6 is 11.3 Å². The SMILES string of the molecule is CC(C)N(CCc1nccs1)C(=O)C(N)c1ccccc1. The summed E-state index contributed by atoms with van der Waals surface area (Å²) < 4.78 is 0. The summed E-state index contributed by atoms with van der Waals surface area (Å²) in [6.07, 6.45) is 2.56. The van der Waals surface area contributed by atoms with Crippen molar-refractivity contribution in [1.29, 1.82) is 0 Å². The van der Waals surface area contributed by atoms with E-state index in [4.69, 9.17) is 5.73 Å². The zero-order chi connectivity index (χ0) is 15.2. The number of nitrogens with two attached hydrogens (primary N) is 1. The number of carbonyl (C=O) groups is 1. The van der Waals surface area contributed by atoms with Gasteiger partial charge in [-0.2, -0.15) is 0 Å². The Balaban J connectivity index is 2.05. The zero-order valence-electron chi connectivity index (χ0n) is 12.4. The van der Waals surface area contributed by atoms with Crippen LogP contribution < -0.4 is 5.73 Å². The summed E-state index contributed by atoms with van der Waals surface area (Å²) in [5, 5.41) is 2.99. The fourth-order valence-electron chi connectivity index (χ4n) is 2.20. The van der Waals surface area contributed by atoms with Crippen molar-refractivity contribution in [2.45, 2.75) is 32.4 Å². The van der Waals surface area contributed by atoms with E-state index in [1.807, 2.05) is 54.5 Å². The molecule has 0 saturated carbocycles. The van der Waals surface area contributed by atoms with Crippen molar-refractivity contribution in [2.75, 3.05) is 6.54 Å². The average molecular weight is 303 g/mol. The molecule has 0 spiro atoms. The topological polar surface area (TPSA) is 59.2 Å². The molecule has 2 N–H and O–H groups in total. The van der Waals surface area contributed by atoms with Crippen LogP contribution in [0.25, 0.3) is 0 Å². The molecule has 2 rings (SSSR count). The van der Waals surface area contributed by atoms with Crippen molar-refractivity contribution < 1.29 is 4.79 Å². The first-order chi connectivity index (χ1) is 10.1. The molecule has 0 fully saturated rings. The van der Waals surface area contributed by atoms with Crippen molar-refractivity contribution >= 4 is 17.2 Å². The Morgan fingerprint density at radius 3 is 2.62 bits per heavy atom. The van der Waals surface area contributed by atoms with Crippen molar-refractivity contribution in [1.82, 2.24) is 9.88 Å². The second-order valence-corrected chi connectivity index (χ2v) is 6.17. The Morgan fingerprint density at radius 2 is 2.05 bits per heavy atom. The zero-order valence-corrected chi connectivity index (χ0v) is 13.2. The first-order valence-electron chi connectivity index (χ1n) is 7.09. The lowest BCUT2D eigenvalue weighted by Gasteiger charge is -2.29. The minimum Gasteiger partial charge on any atom is -0.338 e. The molecule has 1 unspecified atom stereocenters. The van der Waals surface area contributed by atoms with Gasteiger partial charge in [0.25, 0.3) is 0 Å². The summed E-state index contributed by atoms with van der Waals surface area (Å²) in [6, 6.07) is 9.01. The maximum absolute atomic E-state index is 12.6. The maximum atomic E-state index is 12.6. The largest absolute Gasteiger partial charge is 0.338 e. The van der Waals surface area contributed by atoms with Crippen molar-refractivity contribution in [3.63, 3.8) is 0 Å². The number of rotatable bonds is 6. The standard InChI is InChI=1S/C16H21N3OS/c1-12(2)19(10-8-14-18-9-11-21-14)16(20)15(17)13-6-4-3-5-7-13/h3-7,9,11-12,15H,8,10,17H2,1-2H3. The Morgan fingerprint density at radius 1 is 1.33 bits per heavy atom. The molecule has 1 aromatic carbocycles. The van der Waals surface area contributed by atoms with Crippen molar-refractivity contribution in [2.24, 2.45) is 5.73 Å². The minimum absolute atomic E-state index is 0.0345. The van der Waals surface area contributed by atoms with Gasteiger partial charge in [0.2, 0.25) is 5.91 Å². The molecule has 5 heteroatoms. The summed E-state index contributed by atoms with van der Waals surface area (Å²) in [4.78, 5) is 18.7. The van der Waals surface area contributed by atoms with Crippen LogP contribution in [0.5, 0.6) is 0 Å². The van der Waals surface area contributed by atoms with E-state index in [9.17, 15) is 4.79 Å². The molecule has 1 atom stereocenters. The van der Waals surface area contributed by atoms with E-state index >= 15 is 0 Å². The number of hydrogen-bond acceptors (Lipinski definition) is 4. The van der Waals surface area contributed by atoms with Gasteiger partial charge in [0.15, 0.2) is 0 Å². The highest BCUT2D eigenvalue weighted by Crippen LogP contribution is 2.16. The normalized spacial score (nSPS) is 12.4. The minimum atomic E-state index is -0.607. The number of thiazole rings is 1. The maximum Gasteiger partial charge on any atom is 0.244 e. The van der Waals surface area contributed by atoms with E-state index in [-0.39, 0.29) is 11.9 Å². The van der Waals surface area contributed by atoms with Gasteiger partial charge in [0.1, 0.15) is 6.04 Å². The number of amides is 1. The average Bonchev–Trinajstić information content (AvgIpc) is 3.00. The molecular formula is C16H21N3OS. The van der Waals surface area contributed by atoms with Gasteiger partial charge in [0.05, 0.1) is 5.01 Å². The van der Waals surface area contributed by atoms with E-state index < -0.39 is 6.04 Å². The van der Waals surface area contributed by atoms with E-state index in [0.29, 0.717) is 6.54 Å². The van der Waals surface area contributed by atoms with Gasteiger partial charge in [-0.1, -0.05) is 30.3 Å². The van der Waals surface area contributed by atoms with Gasteiger partial charge >= 0.3 is 0 Å². The third kappa shape index (κ3) is 4.12. The second-order valence-electron chi connectivity index (χ2n) is 5.19. The number of hydrogen-bond donors (Lipinski definition) is 1. The van der Waals surface area contributed by atoms with Gasteiger partial charge in [0, 0.05) is 30.6 Å². The van der Waals surface area contributed by atoms with Gasteiger partial charge in [-0.3, -0.25) is 4.79 Å². The number of carbonyl (C=O) groups excluding carboxylic acids is 1. The van der Waals surface area contributed by atoms with Gasteiger partial charge in [-0.05, 0) is 19.4 Å². The predicted octanol–water partition coefficient (Wildman–Crippen LogP) is 2.62. The molecule has 2 aromatic rings. The summed E-state index contributed by atoms with van der Waals surface area (Å²) in [5.74, 6) is -0.0345. The van der Waals surface area contributed by atoms with Crippen LogP contribution in [-0.4, -0.2) is 28.4 Å². The molecule has 4 nitrogen and oxygen atoms in total. The monoisotopic (exact) mass is 303 g/mol. The highest BCUT2D eigenvalue weighted by atomic mass is 32.1. The Bertz CT molecular complexity index is 554. The predicted molar refractivity (Wildman–Crippen MR) is 86.0 cm³/mol. The quantitative estimate of drug-likeness (QED) is 0.892. The molecule has 0 radical (unpaired) electrons. The van der Waals surface area contributed by atoms with E-state index in [1.54, 1.807) is 17.5 Å². The van der Waals surface area contributed by atoms with Crippen molar-refractivity contribution in [3.05, 3.63) is 52.5 Å². The molecule has 0 aliphatic heterocycles. The van der Waals surface area contributed by atoms with Crippen LogP contribution in [0.1, 0.15) is 30.5 Å². The highest BCUT2D eigenvalue weighted by molar-refractivity contribution is 7.09. The van der Waals surface area contributed by atoms with E-state index in [2.05, 4.69) is 4.98 Å². The van der Waals surface area contributed by atoms with Gasteiger partial charge in [-0.15, -0.1) is 11.3 Å². The van der Waals surface area contributed by atoms with Crippen LogP contribution in [-0.2, 0) is 11.2 Å². The lowest BCUT2D eigenvalue weighted by Crippen LogP contribution is -2.43. The van der Waals surface area contributed by atoms with Crippen LogP contribution in [0.15, 0.2) is 41.9 Å². The third-order valence-corrected chi connectivity index (χ3v) is 4.22. The number of nitrogens with zero attached hydrogens (tertiary/aromatic N) is 2. The molecule has 21 heavy (non-hydrogen) atoms. The van der Waals surface area contributed by atoms with Crippen LogP contribution in [0.4, 0.5) is 0 Å². The molecule has 112 valence electrons. The van der Waals surface area contributed by atoms with Crippen LogP contribution in [0, 0.1) is 0 Å². The summed E-state index contributed by atoms with van der Waals surface area (Å²) in [5.41, 5.74) is 6.97. The van der Waals surface area contributed by atoms with E-state index in [0.717, 1.165) is 17.0 Å². The first-order valence-corrected chi connectivity index (χ1v) is 7.97. The van der Waals surface area contributed by atoms with Crippen molar-refractivity contribution in [3.8, 4) is 0 Å². The lowest BCUT2D eigenvalue weighted by atomic mass is 10.1. The Labute approximate surface area is 129 Å². The lowest BCUT2D eigenvalue weighted by molar-refractivity contribution is -0.134. The summed E-state index contributed by atoms with van der Waals surface area (Å²) >= 11 is 1.61. The smallest absolute Gasteiger partial charge is 0.244 e. The van der Waals surface area contributed by atoms with E-state index in [1.165, 1.54) is 0 Å². The van der Waals surface area contributed by atoms with Gasteiger partial charge in [-0.25, -0.2) is 4.98 Å². The highest BCUT2D eigenvalue weighted by Gasteiger charge is 2.24. The molecule has 1 amide bonds. The van der Waals surface area contributed by atoms with Crippen LogP contribution in [0.3, 0.4) is 0 Å².